The van der Waals surface area contributed by atoms with Crippen molar-refractivity contribution < 1.29 is 5.11 Å². The van der Waals surface area contributed by atoms with Gasteiger partial charge in [0.05, 0.1) is 5.69 Å². The molecule has 15 heavy (non-hydrogen) atoms. The third kappa shape index (κ3) is 2.44. The molecule has 0 radical (unpaired) electrons. The quantitative estimate of drug-likeness (QED) is 0.547. The highest BCUT2D eigenvalue weighted by Crippen LogP contribution is 2.36. The largest absolute Gasteiger partial charge is 0.505 e. The Kier molecular flexibility index (Phi) is 2.98. The number of phenols is 1. The highest BCUT2D eigenvalue weighted by molar-refractivity contribution is 5.59. The van der Waals surface area contributed by atoms with E-state index in [2.05, 4.69) is 40.7 Å². The summed E-state index contributed by atoms with van der Waals surface area (Å²) in [4.78, 5) is 0. The summed E-state index contributed by atoms with van der Waals surface area (Å²) >= 11 is 0. The van der Waals surface area contributed by atoms with Gasteiger partial charge in [-0.25, -0.2) is 0 Å². The molecule has 0 bridgehead atoms. The Hall–Kier alpha value is -1.18. The number of hydrogen-bond acceptors (Lipinski definition) is 2. The fraction of sp³-hybridized carbons (Fsp3) is 0.538. The number of hydrogen-bond donors (Lipinski definition) is 2. The first-order valence-corrected chi connectivity index (χ1v) is 5.36. The van der Waals surface area contributed by atoms with Crippen molar-refractivity contribution in [3.05, 3.63) is 23.3 Å². The smallest absolute Gasteiger partial charge is 0.141 e. The van der Waals surface area contributed by atoms with Gasteiger partial charge >= 0.3 is 0 Å². The maximum atomic E-state index is 9.83. The van der Waals surface area contributed by atoms with Crippen molar-refractivity contribution in [3.8, 4) is 5.75 Å². The van der Waals surface area contributed by atoms with Gasteiger partial charge in [0.1, 0.15) is 5.75 Å². The van der Waals surface area contributed by atoms with Crippen LogP contribution in [0.5, 0.6) is 5.75 Å². The molecule has 3 N–H and O–H groups in total. The average Bonchev–Trinajstić information content (AvgIpc) is 2.06. The van der Waals surface area contributed by atoms with Crippen LogP contribution in [0.1, 0.15) is 51.7 Å². The summed E-state index contributed by atoms with van der Waals surface area (Å²) in [6.45, 7) is 10.5. The van der Waals surface area contributed by atoms with E-state index in [1.807, 2.05) is 6.07 Å². The molecule has 0 aliphatic heterocycles. The molecule has 0 atom stereocenters. The molecular formula is C13H21NO. The van der Waals surface area contributed by atoms with E-state index in [4.69, 9.17) is 5.73 Å². The van der Waals surface area contributed by atoms with E-state index < -0.39 is 0 Å². The molecule has 0 amide bonds. The fourth-order valence-electron chi connectivity index (χ4n) is 1.55. The number of phenolic OH excluding ortho intramolecular Hbond substituents is 1. The van der Waals surface area contributed by atoms with Crippen molar-refractivity contribution in [2.24, 2.45) is 0 Å². The van der Waals surface area contributed by atoms with Crippen molar-refractivity contribution in [1.82, 2.24) is 0 Å². The molecule has 0 spiro atoms. The van der Waals surface area contributed by atoms with Crippen LogP contribution in [0.15, 0.2) is 12.1 Å². The lowest BCUT2D eigenvalue weighted by Gasteiger charge is -2.22. The highest BCUT2D eigenvalue weighted by atomic mass is 16.3. The first-order chi connectivity index (χ1) is 6.73. The van der Waals surface area contributed by atoms with Crippen LogP contribution in [0.2, 0.25) is 0 Å². The normalized spacial score (nSPS) is 12.1. The molecule has 1 aromatic rings. The Morgan fingerprint density at radius 3 is 2.13 bits per heavy atom. The van der Waals surface area contributed by atoms with Crippen LogP contribution in [0.3, 0.4) is 0 Å². The molecule has 0 saturated heterocycles. The maximum absolute atomic E-state index is 9.83. The molecule has 2 nitrogen and oxygen atoms in total. The summed E-state index contributed by atoms with van der Waals surface area (Å²) < 4.78 is 0. The third-order valence-electron chi connectivity index (χ3n) is 2.66. The second kappa shape index (κ2) is 3.76. The summed E-state index contributed by atoms with van der Waals surface area (Å²) in [6, 6.07) is 3.91. The second-order valence-corrected chi connectivity index (χ2v) is 5.41. The van der Waals surface area contributed by atoms with Crippen LogP contribution >= 0.6 is 0 Å². The molecule has 0 aliphatic carbocycles. The molecule has 0 unspecified atom stereocenters. The number of rotatable bonds is 1. The number of aromatic hydroxyl groups is 1. The summed E-state index contributed by atoms with van der Waals surface area (Å²) in [5.41, 5.74) is 8.44. The predicted molar refractivity (Wildman–Crippen MR) is 65.3 cm³/mol. The van der Waals surface area contributed by atoms with Crippen LogP contribution < -0.4 is 5.73 Å². The van der Waals surface area contributed by atoms with Gasteiger partial charge in [-0.15, -0.1) is 0 Å². The van der Waals surface area contributed by atoms with Gasteiger partial charge in [-0.3, -0.25) is 0 Å². The summed E-state index contributed by atoms with van der Waals surface area (Å²) in [7, 11) is 0. The average molecular weight is 207 g/mol. The highest BCUT2D eigenvalue weighted by Gasteiger charge is 2.18. The Morgan fingerprint density at radius 2 is 1.73 bits per heavy atom. The van der Waals surface area contributed by atoms with E-state index in [9.17, 15) is 5.11 Å². The lowest BCUT2D eigenvalue weighted by atomic mass is 9.84. The third-order valence-corrected chi connectivity index (χ3v) is 2.66. The zero-order chi connectivity index (χ0) is 11.8. The zero-order valence-electron chi connectivity index (χ0n) is 10.3. The van der Waals surface area contributed by atoms with Gasteiger partial charge in [0.2, 0.25) is 0 Å². The van der Waals surface area contributed by atoms with Crippen LogP contribution in [0, 0.1) is 0 Å². The van der Waals surface area contributed by atoms with Crippen molar-refractivity contribution in [2.45, 2.75) is 46.0 Å². The Morgan fingerprint density at radius 1 is 1.20 bits per heavy atom. The second-order valence-electron chi connectivity index (χ2n) is 5.41. The van der Waals surface area contributed by atoms with Crippen molar-refractivity contribution in [1.29, 1.82) is 0 Å². The summed E-state index contributed by atoms with van der Waals surface area (Å²) in [5.74, 6) is 0.521. The Labute approximate surface area is 92.1 Å². The molecule has 0 aromatic heterocycles. The fourth-order valence-corrected chi connectivity index (χ4v) is 1.55. The van der Waals surface area contributed by atoms with E-state index >= 15 is 0 Å². The molecule has 0 fully saturated rings. The van der Waals surface area contributed by atoms with E-state index in [0.29, 0.717) is 5.69 Å². The molecule has 1 rings (SSSR count). The predicted octanol–water partition coefficient (Wildman–Crippen LogP) is 3.40. The topological polar surface area (TPSA) is 46.2 Å². The maximum Gasteiger partial charge on any atom is 0.141 e. The zero-order valence-corrected chi connectivity index (χ0v) is 10.3. The standard InChI is InChI=1S/C13H21NO/c1-8(2)10-6-9(13(3,4)5)7-11(14)12(10)15/h6-8,15H,14H2,1-5H3. The monoisotopic (exact) mass is 207 g/mol. The van der Waals surface area contributed by atoms with Gasteiger partial charge in [0.25, 0.3) is 0 Å². The Balaban J connectivity index is 3.36. The lowest BCUT2D eigenvalue weighted by molar-refractivity contribution is 0.466. The molecule has 0 heterocycles. The van der Waals surface area contributed by atoms with Crippen LogP contribution in [-0.2, 0) is 5.41 Å². The van der Waals surface area contributed by atoms with Crippen LogP contribution in [0.4, 0.5) is 5.69 Å². The van der Waals surface area contributed by atoms with E-state index in [-0.39, 0.29) is 17.1 Å². The molecular weight excluding hydrogens is 186 g/mol. The first kappa shape index (κ1) is 11.9. The minimum atomic E-state index is 0.0610. The van der Waals surface area contributed by atoms with E-state index in [1.54, 1.807) is 0 Å². The molecule has 2 heteroatoms. The number of nitrogen functional groups attached to an aromatic ring is 1. The van der Waals surface area contributed by atoms with E-state index in [0.717, 1.165) is 5.56 Å². The van der Waals surface area contributed by atoms with Crippen LogP contribution in [-0.4, -0.2) is 5.11 Å². The van der Waals surface area contributed by atoms with Crippen molar-refractivity contribution >= 4 is 5.69 Å². The number of nitrogens with two attached hydrogens (primary N) is 1. The Bertz CT molecular complexity index is 362. The van der Waals surface area contributed by atoms with Crippen molar-refractivity contribution in [3.63, 3.8) is 0 Å². The lowest BCUT2D eigenvalue weighted by Crippen LogP contribution is -2.12. The minimum absolute atomic E-state index is 0.0610. The van der Waals surface area contributed by atoms with Gasteiger partial charge in [0, 0.05) is 0 Å². The number of anilines is 1. The molecule has 84 valence electrons. The van der Waals surface area contributed by atoms with Crippen molar-refractivity contribution in [2.75, 3.05) is 5.73 Å². The minimum Gasteiger partial charge on any atom is -0.505 e. The van der Waals surface area contributed by atoms with Gasteiger partial charge in [-0.05, 0) is 28.5 Å². The summed E-state index contributed by atoms with van der Waals surface area (Å²) in [6.07, 6.45) is 0. The molecule has 0 aliphatic rings. The first-order valence-electron chi connectivity index (χ1n) is 5.36. The van der Waals surface area contributed by atoms with Gasteiger partial charge in [-0.2, -0.15) is 0 Å². The number of benzene rings is 1. The van der Waals surface area contributed by atoms with Gasteiger partial charge in [0.15, 0.2) is 0 Å². The SMILES string of the molecule is CC(C)c1cc(C(C)(C)C)cc(N)c1O. The summed E-state index contributed by atoms with van der Waals surface area (Å²) in [5, 5.41) is 9.83. The molecule has 1 aromatic carbocycles. The van der Waals surface area contributed by atoms with Gasteiger partial charge in [-0.1, -0.05) is 40.7 Å². The van der Waals surface area contributed by atoms with Crippen LogP contribution in [0.25, 0.3) is 0 Å². The molecule has 0 saturated carbocycles. The van der Waals surface area contributed by atoms with E-state index in [1.165, 1.54) is 5.56 Å². The van der Waals surface area contributed by atoms with Gasteiger partial charge < -0.3 is 10.8 Å².